The second-order valence-electron chi connectivity index (χ2n) is 7.43. The van der Waals surface area contributed by atoms with Crippen molar-refractivity contribution < 1.29 is 9.21 Å². The SMILES string of the molecule is CN(CCNC(=O)c1ccc2nc(Cc3ccccc3)oc2c1)Cc1ccccc1. The van der Waals surface area contributed by atoms with Crippen LogP contribution in [0.2, 0.25) is 0 Å². The van der Waals surface area contributed by atoms with Gasteiger partial charge in [0.05, 0.1) is 0 Å². The third-order valence-corrected chi connectivity index (χ3v) is 4.97. The van der Waals surface area contributed by atoms with Gasteiger partial charge >= 0.3 is 0 Å². The topological polar surface area (TPSA) is 58.4 Å². The molecule has 5 nitrogen and oxygen atoms in total. The Bertz CT molecular complexity index is 1110. The summed E-state index contributed by atoms with van der Waals surface area (Å²) < 4.78 is 5.87. The van der Waals surface area contributed by atoms with Gasteiger partial charge in [0, 0.05) is 31.6 Å². The summed E-state index contributed by atoms with van der Waals surface area (Å²) >= 11 is 0. The second-order valence-corrected chi connectivity index (χ2v) is 7.43. The molecule has 4 rings (SSSR count). The number of amides is 1. The highest BCUT2D eigenvalue weighted by atomic mass is 16.3. The molecule has 0 aliphatic rings. The Morgan fingerprint density at radius 1 is 0.967 bits per heavy atom. The molecule has 0 atom stereocenters. The van der Waals surface area contributed by atoms with Crippen LogP contribution >= 0.6 is 0 Å². The fraction of sp³-hybridized carbons (Fsp3) is 0.200. The molecule has 152 valence electrons. The fourth-order valence-electron chi connectivity index (χ4n) is 3.40. The summed E-state index contributed by atoms with van der Waals surface area (Å²) in [6.07, 6.45) is 0.630. The molecule has 0 spiro atoms. The summed E-state index contributed by atoms with van der Waals surface area (Å²) in [6, 6.07) is 25.8. The molecule has 0 fully saturated rings. The van der Waals surface area contributed by atoms with Crippen molar-refractivity contribution in [2.75, 3.05) is 20.1 Å². The standard InChI is InChI=1S/C25H25N3O2/c1-28(18-20-10-6-3-7-11-20)15-14-26-25(29)21-12-13-22-23(17-21)30-24(27-22)16-19-8-4-2-5-9-19/h2-13,17H,14-16,18H2,1H3,(H,26,29). The van der Waals surface area contributed by atoms with Crippen LogP contribution in [-0.2, 0) is 13.0 Å². The highest BCUT2D eigenvalue weighted by Gasteiger charge is 2.11. The minimum Gasteiger partial charge on any atom is -0.440 e. The zero-order valence-corrected chi connectivity index (χ0v) is 17.0. The number of hydrogen-bond donors (Lipinski definition) is 1. The zero-order chi connectivity index (χ0) is 20.8. The number of benzene rings is 3. The van der Waals surface area contributed by atoms with E-state index in [0.717, 1.165) is 24.2 Å². The van der Waals surface area contributed by atoms with Gasteiger partial charge in [-0.1, -0.05) is 60.7 Å². The predicted molar refractivity (Wildman–Crippen MR) is 118 cm³/mol. The number of nitrogens with one attached hydrogen (secondary N) is 1. The fourth-order valence-corrected chi connectivity index (χ4v) is 3.40. The first kappa shape index (κ1) is 19.9. The maximum Gasteiger partial charge on any atom is 0.251 e. The molecule has 3 aromatic carbocycles. The van der Waals surface area contributed by atoms with Gasteiger partial charge in [0.1, 0.15) is 5.52 Å². The Morgan fingerprint density at radius 2 is 1.67 bits per heavy atom. The summed E-state index contributed by atoms with van der Waals surface area (Å²) in [4.78, 5) is 19.2. The number of carbonyl (C=O) groups excluding carboxylic acids is 1. The van der Waals surface area contributed by atoms with Crippen molar-refractivity contribution in [3.63, 3.8) is 0 Å². The number of oxazole rings is 1. The molecular formula is C25H25N3O2. The van der Waals surface area contributed by atoms with Crippen LogP contribution in [0.3, 0.4) is 0 Å². The van der Waals surface area contributed by atoms with E-state index in [0.29, 0.717) is 30.0 Å². The van der Waals surface area contributed by atoms with Crippen LogP contribution in [0.4, 0.5) is 0 Å². The molecule has 0 saturated carbocycles. The van der Waals surface area contributed by atoms with Gasteiger partial charge in [0.15, 0.2) is 11.5 Å². The molecule has 1 heterocycles. The Labute approximate surface area is 176 Å². The van der Waals surface area contributed by atoms with Crippen LogP contribution in [0, 0.1) is 0 Å². The molecule has 0 saturated heterocycles. The van der Waals surface area contributed by atoms with E-state index in [1.807, 2.05) is 61.6 Å². The van der Waals surface area contributed by atoms with Gasteiger partial charge in [-0.15, -0.1) is 0 Å². The minimum absolute atomic E-state index is 0.106. The van der Waals surface area contributed by atoms with Gasteiger partial charge in [0.25, 0.3) is 5.91 Å². The summed E-state index contributed by atoms with van der Waals surface area (Å²) in [5.41, 5.74) is 4.38. The molecule has 4 aromatic rings. The van der Waals surface area contributed by atoms with Crippen molar-refractivity contribution in [1.82, 2.24) is 15.2 Å². The van der Waals surface area contributed by atoms with E-state index in [1.165, 1.54) is 5.56 Å². The molecule has 0 aliphatic heterocycles. The Balaban J connectivity index is 1.33. The molecule has 1 amide bonds. The summed E-state index contributed by atoms with van der Waals surface area (Å²) in [5, 5.41) is 2.98. The van der Waals surface area contributed by atoms with Crippen molar-refractivity contribution in [2.45, 2.75) is 13.0 Å². The van der Waals surface area contributed by atoms with E-state index >= 15 is 0 Å². The largest absolute Gasteiger partial charge is 0.440 e. The Kier molecular flexibility index (Phi) is 6.20. The number of aromatic nitrogens is 1. The highest BCUT2D eigenvalue weighted by Crippen LogP contribution is 2.19. The molecule has 0 radical (unpaired) electrons. The molecule has 0 aliphatic carbocycles. The van der Waals surface area contributed by atoms with Gasteiger partial charge < -0.3 is 14.6 Å². The van der Waals surface area contributed by atoms with Crippen LogP contribution < -0.4 is 5.32 Å². The van der Waals surface area contributed by atoms with Crippen molar-refractivity contribution >= 4 is 17.0 Å². The number of carbonyl (C=O) groups is 1. The van der Waals surface area contributed by atoms with Gasteiger partial charge in [-0.25, -0.2) is 4.98 Å². The van der Waals surface area contributed by atoms with Crippen LogP contribution in [-0.4, -0.2) is 35.9 Å². The lowest BCUT2D eigenvalue weighted by Crippen LogP contribution is -2.32. The lowest BCUT2D eigenvalue weighted by atomic mass is 10.1. The van der Waals surface area contributed by atoms with Crippen LogP contribution in [0.15, 0.2) is 83.3 Å². The maximum absolute atomic E-state index is 12.5. The molecule has 1 N–H and O–H groups in total. The molecule has 0 unspecified atom stereocenters. The molecule has 30 heavy (non-hydrogen) atoms. The molecule has 0 bridgehead atoms. The number of fused-ring (bicyclic) bond motifs is 1. The molecule has 1 aromatic heterocycles. The summed E-state index contributed by atoms with van der Waals surface area (Å²) in [6.45, 7) is 2.20. The predicted octanol–water partition coefficient (Wildman–Crippen LogP) is 4.28. The van der Waals surface area contributed by atoms with Crippen LogP contribution in [0.1, 0.15) is 27.4 Å². The zero-order valence-electron chi connectivity index (χ0n) is 17.0. The Hall–Kier alpha value is -3.44. The average molecular weight is 399 g/mol. The summed E-state index contributed by atoms with van der Waals surface area (Å²) in [5.74, 6) is 0.544. The normalized spacial score (nSPS) is 11.1. The number of nitrogens with zero attached hydrogens (tertiary/aromatic N) is 2. The second kappa shape index (κ2) is 9.37. The average Bonchev–Trinajstić information content (AvgIpc) is 3.16. The first-order valence-corrected chi connectivity index (χ1v) is 10.1. The van der Waals surface area contributed by atoms with Gasteiger partial charge in [-0.05, 0) is 36.4 Å². The monoisotopic (exact) mass is 399 g/mol. The van der Waals surface area contributed by atoms with Crippen molar-refractivity contribution in [3.05, 3.63) is 101 Å². The third-order valence-electron chi connectivity index (χ3n) is 4.97. The van der Waals surface area contributed by atoms with E-state index in [4.69, 9.17) is 4.42 Å². The lowest BCUT2D eigenvalue weighted by Gasteiger charge is -2.17. The molecule has 5 heteroatoms. The minimum atomic E-state index is -0.106. The number of likely N-dealkylation sites (N-methyl/N-ethyl adjacent to an activating group) is 1. The third kappa shape index (κ3) is 5.13. The van der Waals surface area contributed by atoms with E-state index in [9.17, 15) is 4.79 Å². The van der Waals surface area contributed by atoms with E-state index < -0.39 is 0 Å². The lowest BCUT2D eigenvalue weighted by molar-refractivity contribution is 0.0949. The number of hydrogen-bond acceptors (Lipinski definition) is 4. The van der Waals surface area contributed by atoms with E-state index in [-0.39, 0.29) is 5.91 Å². The molecular weight excluding hydrogens is 374 g/mol. The van der Waals surface area contributed by atoms with Crippen LogP contribution in [0.5, 0.6) is 0 Å². The van der Waals surface area contributed by atoms with Gasteiger partial charge in [-0.3, -0.25) is 4.79 Å². The summed E-state index contributed by atoms with van der Waals surface area (Å²) in [7, 11) is 2.05. The quantitative estimate of drug-likeness (QED) is 0.480. The van der Waals surface area contributed by atoms with Crippen molar-refractivity contribution in [3.8, 4) is 0 Å². The van der Waals surface area contributed by atoms with Crippen LogP contribution in [0.25, 0.3) is 11.1 Å². The maximum atomic E-state index is 12.5. The first-order valence-electron chi connectivity index (χ1n) is 10.1. The van der Waals surface area contributed by atoms with E-state index in [1.54, 1.807) is 12.1 Å². The van der Waals surface area contributed by atoms with Crippen molar-refractivity contribution in [1.29, 1.82) is 0 Å². The van der Waals surface area contributed by atoms with Gasteiger partial charge in [0.2, 0.25) is 0 Å². The van der Waals surface area contributed by atoms with Crippen molar-refractivity contribution in [2.24, 2.45) is 0 Å². The smallest absolute Gasteiger partial charge is 0.251 e. The van der Waals surface area contributed by atoms with E-state index in [2.05, 4.69) is 27.3 Å². The highest BCUT2D eigenvalue weighted by molar-refractivity contribution is 5.97. The Morgan fingerprint density at radius 3 is 2.40 bits per heavy atom. The number of rotatable bonds is 8. The first-order chi connectivity index (χ1) is 14.7. The van der Waals surface area contributed by atoms with Gasteiger partial charge in [-0.2, -0.15) is 0 Å².